The number of benzene rings is 9. The summed E-state index contributed by atoms with van der Waals surface area (Å²) in [5.41, 5.74) is 13.9. The fourth-order valence-corrected chi connectivity index (χ4v) is 8.20. The molecule has 0 bridgehead atoms. The van der Waals surface area contributed by atoms with Crippen molar-refractivity contribution in [3.8, 4) is 33.4 Å². The molecule has 0 atom stereocenters. The van der Waals surface area contributed by atoms with Gasteiger partial charge in [0.2, 0.25) is 0 Å². The van der Waals surface area contributed by atoms with Gasteiger partial charge in [-0.25, -0.2) is 0 Å². The molecule has 0 aliphatic heterocycles. The molecule has 0 spiro atoms. The van der Waals surface area contributed by atoms with Crippen LogP contribution < -0.4 is 4.90 Å². The molecule has 0 saturated carbocycles. The molecule has 0 amide bonds. The molecule has 11 rings (SSSR count). The lowest BCUT2D eigenvalue weighted by Gasteiger charge is -2.26. The lowest BCUT2D eigenvalue weighted by Crippen LogP contribution is -2.09. The SMILES string of the molecule is c1ccc(-c2ccc(N(c3ccc(-c4ccccc4)cc3)c3ccc(-c4ccc5oc6ccc7ccc8oc9ccccc9c8c7c6c5c4)cc3)cc2)cc1. The van der Waals surface area contributed by atoms with Gasteiger partial charge in [-0.05, 0) is 105 Å². The normalized spacial score (nSPS) is 11.6. The van der Waals surface area contributed by atoms with Gasteiger partial charge in [0.15, 0.2) is 0 Å². The van der Waals surface area contributed by atoms with E-state index in [1.54, 1.807) is 0 Å². The van der Waals surface area contributed by atoms with Crippen LogP contribution in [0.2, 0.25) is 0 Å². The maximum atomic E-state index is 6.47. The van der Waals surface area contributed by atoms with Gasteiger partial charge >= 0.3 is 0 Å². The van der Waals surface area contributed by atoms with E-state index >= 15 is 0 Å². The van der Waals surface area contributed by atoms with Crippen molar-refractivity contribution in [3.05, 3.63) is 200 Å². The van der Waals surface area contributed by atoms with E-state index < -0.39 is 0 Å². The Morgan fingerprint density at radius 3 is 1.22 bits per heavy atom. The van der Waals surface area contributed by atoms with E-state index in [0.717, 1.165) is 77.5 Å². The van der Waals surface area contributed by atoms with Crippen LogP contribution in [-0.4, -0.2) is 0 Å². The molecule has 0 saturated heterocycles. The van der Waals surface area contributed by atoms with Crippen LogP contribution >= 0.6 is 0 Å². The molecule has 0 fully saturated rings. The van der Waals surface area contributed by atoms with Crippen LogP contribution in [0, 0.1) is 0 Å². The highest BCUT2D eigenvalue weighted by Crippen LogP contribution is 2.43. The number of para-hydroxylation sites is 1. The Kier molecular flexibility index (Phi) is 7.17. The lowest BCUT2D eigenvalue weighted by atomic mass is 9.97. The number of hydrogen-bond donors (Lipinski definition) is 0. The van der Waals surface area contributed by atoms with E-state index in [1.807, 2.05) is 12.1 Å². The van der Waals surface area contributed by atoms with Crippen molar-refractivity contribution in [1.82, 2.24) is 0 Å². The van der Waals surface area contributed by atoms with Crippen molar-refractivity contribution < 1.29 is 8.83 Å². The van der Waals surface area contributed by atoms with Crippen LogP contribution in [0.15, 0.2) is 209 Å². The Morgan fingerprint density at radius 1 is 0.273 bits per heavy atom. The second kappa shape index (κ2) is 12.6. The van der Waals surface area contributed by atoms with Gasteiger partial charge in [0.05, 0.1) is 0 Å². The second-order valence-electron chi connectivity index (χ2n) is 14.1. The first kappa shape index (κ1) is 31.2. The summed E-state index contributed by atoms with van der Waals surface area (Å²) in [7, 11) is 0. The number of rotatable bonds is 6. The minimum Gasteiger partial charge on any atom is -0.456 e. The highest BCUT2D eigenvalue weighted by molar-refractivity contribution is 6.31. The molecular formula is C52H33NO2. The fourth-order valence-electron chi connectivity index (χ4n) is 8.20. The highest BCUT2D eigenvalue weighted by Gasteiger charge is 2.18. The van der Waals surface area contributed by atoms with Crippen LogP contribution in [0.3, 0.4) is 0 Å². The van der Waals surface area contributed by atoms with Gasteiger partial charge in [-0.3, -0.25) is 0 Å². The first-order chi connectivity index (χ1) is 27.2. The number of hydrogen-bond acceptors (Lipinski definition) is 3. The third kappa shape index (κ3) is 5.28. The predicted molar refractivity (Wildman–Crippen MR) is 229 cm³/mol. The van der Waals surface area contributed by atoms with Crippen LogP contribution in [0.1, 0.15) is 0 Å². The summed E-state index contributed by atoms with van der Waals surface area (Å²) in [4.78, 5) is 2.33. The van der Waals surface area contributed by atoms with Crippen LogP contribution in [0.25, 0.3) is 88.0 Å². The summed E-state index contributed by atoms with van der Waals surface area (Å²) >= 11 is 0. The maximum absolute atomic E-state index is 6.47. The molecule has 2 aromatic heterocycles. The number of furan rings is 2. The van der Waals surface area contributed by atoms with Crippen molar-refractivity contribution >= 4 is 71.7 Å². The van der Waals surface area contributed by atoms with Crippen molar-refractivity contribution in [2.45, 2.75) is 0 Å². The molecule has 0 aliphatic carbocycles. The average Bonchev–Trinajstić information content (AvgIpc) is 3.83. The summed E-state index contributed by atoms with van der Waals surface area (Å²) in [6.07, 6.45) is 0. The zero-order chi connectivity index (χ0) is 36.3. The van der Waals surface area contributed by atoms with E-state index in [9.17, 15) is 0 Å². The zero-order valence-electron chi connectivity index (χ0n) is 29.8. The van der Waals surface area contributed by atoms with Crippen molar-refractivity contribution in [2.24, 2.45) is 0 Å². The molecule has 2 heterocycles. The third-order valence-electron chi connectivity index (χ3n) is 10.9. The van der Waals surface area contributed by atoms with Crippen LogP contribution in [0.5, 0.6) is 0 Å². The molecule has 0 N–H and O–H groups in total. The van der Waals surface area contributed by atoms with Gasteiger partial charge < -0.3 is 13.7 Å². The smallest absolute Gasteiger partial charge is 0.136 e. The summed E-state index contributed by atoms with van der Waals surface area (Å²) in [5.74, 6) is 0. The van der Waals surface area contributed by atoms with Crippen molar-refractivity contribution in [1.29, 1.82) is 0 Å². The molecular weight excluding hydrogens is 671 g/mol. The molecule has 0 radical (unpaired) electrons. The van der Waals surface area contributed by atoms with E-state index in [-0.39, 0.29) is 0 Å². The number of fused-ring (bicyclic) bond motifs is 9. The molecule has 55 heavy (non-hydrogen) atoms. The van der Waals surface area contributed by atoms with Gasteiger partial charge in [-0.2, -0.15) is 0 Å². The van der Waals surface area contributed by atoms with Crippen LogP contribution in [0.4, 0.5) is 17.1 Å². The van der Waals surface area contributed by atoms with Crippen LogP contribution in [-0.2, 0) is 0 Å². The summed E-state index contributed by atoms with van der Waals surface area (Å²) in [5, 5.41) is 6.79. The molecule has 3 heteroatoms. The Bertz CT molecular complexity index is 3070. The van der Waals surface area contributed by atoms with Crippen molar-refractivity contribution in [2.75, 3.05) is 4.90 Å². The first-order valence-electron chi connectivity index (χ1n) is 18.7. The Hall–Kier alpha value is -7.36. The minimum atomic E-state index is 0.872. The predicted octanol–water partition coefficient (Wildman–Crippen LogP) is 15.1. The van der Waals surface area contributed by atoms with E-state index in [0.29, 0.717) is 0 Å². The minimum absolute atomic E-state index is 0.872. The van der Waals surface area contributed by atoms with E-state index in [2.05, 4.69) is 193 Å². The van der Waals surface area contributed by atoms with Gasteiger partial charge in [0.25, 0.3) is 0 Å². The summed E-state index contributed by atoms with van der Waals surface area (Å²) < 4.78 is 12.8. The average molecular weight is 704 g/mol. The Balaban J connectivity index is 1.01. The van der Waals surface area contributed by atoms with E-state index in [1.165, 1.54) is 27.6 Å². The first-order valence-corrected chi connectivity index (χ1v) is 18.7. The highest BCUT2D eigenvalue weighted by atomic mass is 16.3. The van der Waals surface area contributed by atoms with Crippen molar-refractivity contribution in [3.63, 3.8) is 0 Å². The lowest BCUT2D eigenvalue weighted by molar-refractivity contribution is 0.669. The third-order valence-corrected chi connectivity index (χ3v) is 10.9. The second-order valence-corrected chi connectivity index (χ2v) is 14.1. The fraction of sp³-hybridized carbons (Fsp3) is 0. The maximum Gasteiger partial charge on any atom is 0.136 e. The van der Waals surface area contributed by atoms with Gasteiger partial charge in [-0.15, -0.1) is 0 Å². The quantitative estimate of drug-likeness (QED) is 0.173. The Morgan fingerprint density at radius 2 is 0.673 bits per heavy atom. The summed E-state index contributed by atoms with van der Waals surface area (Å²) in [6.45, 7) is 0. The largest absolute Gasteiger partial charge is 0.456 e. The number of anilines is 3. The topological polar surface area (TPSA) is 29.5 Å². The van der Waals surface area contributed by atoms with E-state index in [4.69, 9.17) is 8.83 Å². The molecule has 0 aliphatic rings. The molecule has 11 aromatic rings. The zero-order valence-corrected chi connectivity index (χ0v) is 29.8. The monoisotopic (exact) mass is 703 g/mol. The van der Waals surface area contributed by atoms with Gasteiger partial charge in [0, 0.05) is 44.0 Å². The summed E-state index contributed by atoms with van der Waals surface area (Å²) in [6, 6.07) is 70.9. The molecule has 258 valence electrons. The number of nitrogens with zero attached hydrogens (tertiary/aromatic N) is 1. The van der Waals surface area contributed by atoms with Gasteiger partial charge in [-0.1, -0.05) is 133 Å². The molecule has 3 nitrogen and oxygen atoms in total. The standard InChI is InChI=1S/C52H33NO2/c1-3-9-34(10-4-1)36-15-24-41(25-16-36)53(42-26-17-37(18-27-42)35-11-5-2-6-12-35)43-28-19-38(20-29-43)40-23-30-47-45(33-40)52-49(55-47)32-22-39-21-31-48-51(50(39)52)44-13-7-8-14-46(44)54-48/h1-33H. The van der Waals surface area contributed by atoms with Gasteiger partial charge in [0.1, 0.15) is 22.3 Å². The molecule has 0 unspecified atom stereocenters. The Labute approximate surface area is 317 Å². The molecule has 9 aromatic carbocycles.